The lowest BCUT2D eigenvalue weighted by molar-refractivity contribution is -0.138. The number of hydrogen-bond acceptors (Lipinski definition) is 3. The number of likely N-dealkylation sites (tertiary alicyclic amines) is 2. The normalized spacial score (nSPS) is 20.8. The molecule has 2 fully saturated rings. The lowest BCUT2D eigenvalue weighted by Gasteiger charge is -2.39. The highest BCUT2D eigenvalue weighted by atomic mass is 19.1. The van der Waals surface area contributed by atoms with Gasteiger partial charge in [-0.1, -0.05) is 0 Å². The van der Waals surface area contributed by atoms with Crippen molar-refractivity contribution in [2.45, 2.75) is 57.7 Å². The number of nitrogens with zero attached hydrogens (tertiary/aromatic N) is 2. The van der Waals surface area contributed by atoms with E-state index < -0.39 is 23.6 Å². The summed E-state index contributed by atoms with van der Waals surface area (Å²) in [7, 11) is 0. The molecule has 0 bridgehead atoms. The van der Waals surface area contributed by atoms with Gasteiger partial charge in [-0.3, -0.25) is 14.4 Å². The Labute approximate surface area is 162 Å². The van der Waals surface area contributed by atoms with Gasteiger partial charge >= 0.3 is 0 Å². The van der Waals surface area contributed by atoms with E-state index in [9.17, 15) is 23.2 Å². The SMILES string of the molecule is CC(C)NC(=O)C1CCC(=O)N1C1CCN(C(=O)c2cc(F)ccc2F)CC1. The number of piperidine rings is 1. The van der Waals surface area contributed by atoms with Gasteiger partial charge < -0.3 is 15.1 Å². The van der Waals surface area contributed by atoms with Crippen LogP contribution in [0.15, 0.2) is 18.2 Å². The summed E-state index contributed by atoms with van der Waals surface area (Å²) in [5.41, 5.74) is -0.287. The number of amides is 3. The number of rotatable bonds is 4. The predicted molar refractivity (Wildman–Crippen MR) is 98.4 cm³/mol. The van der Waals surface area contributed by atoms with Crippen molar-refractivity contribution in [1.29, 1.82) is 0 Å². The van der Waals surface area contributed by atoms with Gasteiger partial charge in [0.2, 0.25) is 11.8 Å². The summed E-state index contributed by atoms with van der Waals surface area (Å²) in [4.78, 5) is 40.5. The van der Waals surface area contributed by atoms with Gasteiger partial charge in [0.1, 0.15) is 17.7 Å². The largest absolute Gasteiger partial charge is 0.352 e. The summed E-state index contributed by atoms with van der Waals surface area (Å²) in [6.45, 7) is 4.38. The van der Waals surface area contributed by atoms with Crippen LogP contribution in [0.25, 0.3) is 0 Å². The molecule has 1 aromatic carbocycles. The lowest BCUT2D eigenvalue weighted by atomic mass is 10.0. The standard InChI is InChI=1S/C20H25F2N3O3/c1-12(2)23-19(27)17-5-6-18(26)25(17)14-7-9-24(10-8-14)20(28)15-11-13(21)3-4-16(15)22/h3-4,11-12,14,17H,5-10H2,1-2H3,(H,23,27). The molecular formula is C20H25F2N3O3. The highest BCUT2D eigenvalue weighted by molar-refractivity contribution is 5.94. The molecule has 2 saturated heterocycles. The van der Waals surface area contributed by atoms with Gasteiger partial charge in [0, 0.05) is 31.6 Å². The maximum absolute atomic E-state index is 13.9. The Morgan fingerprint density at radius 1 is 1.14 bits per heavy atom. The molecule has 152 valence electrons. The van der Waals surface area contributed by atoms with Crippen molar-refractivity contribution in [1.82, 2.24) is 15.1 Å². The molecule has 0 aromatic heterocycles. The summed E-state index contributed by atoms with van der Waals surface area (Å²) >= 11 is 0. The first-order valence-corrected chi connectivity index (χ1v) is 9.63. The van der Waals surface area contributed by atoms with E-state index in [4.69, 9.17) is 0 Å². The monoisotopic (exact) mass is 393 g/mol. The average Bonchev–Trinajstić information content (AvgIpc) is 3.04. The first-order chi connectivity index (χ1) is 13.3. The maximum Gasteiger partial charge on any atom is 0.256 e. The molecule has 28 heavy (non-hydrogen) atoms. The van der Waals surface area contributed by atoms with Gasteiger partial charge in [0.25, 0.3) is 5.91 Å². The van der Waals surface area contributed by atoms with Crippen LogP contribution in [0, 0.1) is 11.6 Å². The average molecular weight is 393 g/mol. The Bertz CT molecular complexity index is 776. The van der Waals surface area contributed by atoms with E-state index in [2.05, 4.69) is 5.32 Å². The Hall–Kier alpha value is -2.51. The number of carbonyl (C=O) groups is 3. The van der Waals surface area contributed by atoms with Crippen LogP contribution in [-0.4, -0.2) is 58.7 Å². The van der Waals surface area contributed by atoms with Gasteiger partial charge in [-0.25, -0.2) is 8.78 Å². The van der Waals surface area contributed by atoms with Gasteiger partial charge in [0.15, 0.2) is 0 Å². The van der Waals surface area contributed by atoms with E-state index >= 15 is 0 Å². The zero-order valence-electron chi connectivity index (χ0n) is 16.1. The van der Waals surface area contributed by atoms with Crippen molar-refractivity contribution in [2.75, 3.05) is 13.1 Å². The Morgan fingerprint density at radius 2 is 1.82 bits per heavy atom. The molecule has 0 radical (unpaired) electrons. The number of carbonyl (C=O) groups excluding carboxylic acids is 3. The van der Waals surface area contributed by atoms with Gasteiger partial charge in [-0.15, -0.1) is 0 Å². The van der Waals surface area contributed by atoms with Crippen LogP contribution >= 0.6 is 0 Å². The fourth-order valence-corrected chi connectivity index (χ4v) is 3.98. The third-order valence-corrected chi connectivity index (χ3v) is 5.29. The third-order valence-electron chi connectivity index (χ3n) is 5.29. The molecule has 0 saturated carbocycles. The van der Waals surface area contributed by atoms with Gasteiger partial charge in [-0.2, -0.15) is 0 Å². The fourth-order valence-electron chi connectivity index (χ4n) is 3.98. The van der Waals surface area contributed by atoms with Crippen molar-refractivity contribution in [3.8, 4) is 0 Å². The van der Waals surface area contributed by atoms with Crippen LogP contribution in [-0.2, 0) is 9.59 Å². The minimum absolute atomic E-state index is 0.00862. The van der Waals surface area contributed by atoms with E-state index in [1.807, 2.05) is 13.8 Å². The maximum atomic E-state index is 13.9. The first-order valence-electron chi connectivity index (χ1n) is 9.63. The van der Waals surface area contributed by atoms with E-state index in [1.54, 1.807) is 4.90 Å². The summed E-state index contributed by atoms with van der Waals surface area (Å²) < 4.78 is 27.3. The second-order valence-corrected chi connectivity index (χ2v) is 7.67. The molecule has 2 aliphatic heterocycles. The second kappa shape index (κ2) is 8.24. The van der Waals surface area contributed by atoms with Crippen LogP contribution in [0.1, 0.15) is 49.9 Å². The third kappa shape index (κ3) is 4.15. The van der Waals surface area contributed by atoms with Crippen LogP contribution < -0.4 is 5.32 Å². The molecule has 8 heteroatoms. The molecule has 1 atom stereocenters. The fraction of sp³-hybridized carbons (Fsp3) is 0.550. The predicted octanol–water partition coefficient (Wildman–Crippen LogP) is 2.08. The van der Waals surface area contributed by atoms with Crippen LogP contribution in [0.2, 0.25) is 0 Å². The number of benzene rings is 1. The molecule has 6 nitrogen and oxygen atoms in total. The molecule has 3 rings (SSSR count). The summed E-state index contributed by atoms with van der Waals surface area (Å²) in [6, 6.07) is 2.18. The molecule has 1 unspecified atom stereocenters. The molecule has 2 aliphatic rings. The molecule has 1 N–H and O–H groups in total. The minimum Gasteiger partial charge on any atom is -0.352 e. The number of halogens is 2. The number of nitrogens with one attached hydrogen (secondary N) is 1. The minimum atomic E-state index is -0.756. The van der Waals surface area contributed by atoms with Crippen LogP contribution in [0.5, 0.6) is 0 Å². The van der Waals surface area contributed by atoms with Gasteiger partial charge in [0.05, 0.1) is 5.56 Å². The highest BCUT2D eigenvalue weighted by Crippen LogP contribution is 2.28. The Kier molecular flexibility index (Phi) is 5.96. The van der Waals surface area contributed by atoms with E-state index in [1.165, 1.54) is 4.90 Å². The van der Waals surface area contributed by atoms with Crippen molar-refractivity contribution in [3.05, 3.63) is 35.4 Å². The van der Waals surface area contributed by atoms with Crippen molar-refractivity contribution < 1.29 is 23.2 Å². The topological polar surface area (TPSA) is 69.7 Å². The summed E-state index contributed by atoms with van der Waals surface area (Å²) in [6.07, 6.45) is 1.83. The van der Waals surface area contributed by atoms with Crippen molar-refractivity contribution >= 4 is 17.7 Å². The Balaban J connectivity index is 1.65. The van der Waals surface area contributed by atoms with Crippen molar-refractivity contribution in [3.63, 3.8) is 0 Å². The zero-order valence-corrected chi connectivity index (χ0v) is 16.1. The first kappa shape index (κ1) is 20.2. The molecule has 2 heterocycles. The zero-order chi connectivity index (χ0) is 20.4. The molecule has 3 amide bonds. The highest BCUT2D eigenvalue weighted by Gasteiger charge is 2.41. The van der Waals surface area contributed by atoms with Crippen LogP contribution in [0.4, 0.5) is 8.78 Å². The molecule has 0 aliphatic carbocycles. The Morgan fingerprint density at radius 3 is 2.46 bits per heavy atom. The lowest BCUT2D eigenvalue weighted by Crippen LogP contribution is -2.54. The van der Waals surface area contributed by atoms with E-state index in [-0.39, 0.29) is 29.5 Å². The quantitative estimate of drug-likeness (QED) is 0.852. The smallest absolute Gasteiger partial charge is 0.256 e. The summed E-state index contributed by atoms with van der Waals surface area (Å²) in [5, 5.41) is 2.86. The van der Waals surface area contributed by atoms with E-state index in [0.29, 0.717) is 38.8 Å². The molecule has 0 spiro atoms. The van der Waals surface area contributed by atoms with Crippen LogP contribution in [0.3, 0.4) is 0 Å². The molecule has 1 aromatic rings. The number of hydrogen-bond donors (Lipinski definition) is 1. The van der Waals surface area contributed by atoms with E-state index in [0.717, 1.165) is 18.2 Å². The second-order valence-electron chi connectivity index (χ2n) is 7.67. The molecular weight excluding hydrogens is 368 g/mol. The van der Waals surface area contributed by atoms with Crippen molar-refractivity contribution in [2.24, 2.45) is 0 Å². The van der Waals surface area contributed by atoms with Gasteiger partial charge in [-0.05, 0) is 51.3 Å². The summed E-state index contributed by atoms with van der Waals surface area (Å²) in [5.74, 6) is -2.18.